The van der Waals surface area contributed by atoms with Crippen LogP contribution >= 0.6 is 11.6 Å². The Morgan fingerprint density at radius 2 is 2.25 bits per heavy atom. The third-order valence-corrected chi connectivity index (χ3v) is 1.76. The highest BCUT2D eigenvalue weighted by molar-refractivity contribution is 6.32. The summed E-state index contributed by atoms with van der Waals surface area (Å²) in [6.45, 7) is 0.450. The first-order chi connectivity index (χ1) is 5.75. The summed E-state index contributed by atoms with van der Waals surface area (Å²) in [5.74, 6) is 0.101. The molecular weight excluding hydrogens is 174 g/mol. The van der Waals surface area contributed by atoms with Gasteiger partial charge in [-0.3, -0.25) is 0 Å². The van der Waals surface area contributed by atoms with Gasteiger partial charge >= 0.3 is 0 Å². The molecule has 0 saturated heterocycles. The highest BCUT2D eigenvalue weighted by Crippen LogP contribution is 2.27. The van der Waals surface area contributed by atoms with Crippen molar-refractivity contribution in [2.45, 2.75) is 0 Å². The van der Waals surface area contributed by atoms with Crippen LogP contribution in [0.25, 0.3) is 6.08 Å². The number of hydrogen-bond donors (Lipinski definition) is 2. The summed E-state index contributed by atoms with van der Waals surface area (Å²) in [6, 6.07) is 5.18. The number of hydrogen-bond acceptors (Lipinski definition) is 2. The van der Waals surface area contributed by atoms with Crippen molar-refractivity contribution in [3.05, 3.63) is 34.9 Å². The maximum atomic E-state index is 9.40. The average molecular weight is 184 g/mol. The SMILES string of the molecule is NCC=Cc1cccc(Cl)c1O. The van der Waals surface area contributed by atoms with Crippen LogP contribution in [-0.4, -0.2) is 11.7 Å². The van der Waals surface area contributed by atoms with Gasteiger partial charge in [-0.2, -0.15) is 0 Å². The van der Waals surface area contributed by atoms with Gasteiger partial charge in [-0.05, 0) is 6.07 Å². The van der Waals surface area contributed by atoms with Gasteiger partial charge in [-0.15, -0.1) is 0 Å². The summed E-state index contributed by atoms with van der Waals surface area (Å²) in [7, 11) is 0. The topological polar surface area (TPSA) is 46.2 Å². The number of benzene rings is 1. The first-order valence-corrected chi connectivity index (χ1v) is 3.97. The summed E-state index contributed by atoms with van der Waals surface area (Å²) in [4.78, 5) is 0. The van der Waals surface area contributed by atoms with Gasteiger partial charge in [0.1, 0.15) is 5.75 Å². The molecule has 0 atom stereocenters. The predicted molar refractivity (Wildman–Crippen MR) is 51.2 cm³/mol. The molecule has 2 nitrogen and oxygen atoms in total. The van der Waals surface area contributed by atoms with Gasteiger partial charge in [0.15, 0.2) is 0 Å². The van der Waals surface area contributed by atoms with Crippen LogP contribution in [0.5, 0.6) is 5.75 Å². The maximum absolute atomic E-state index is 9.40. The molecule has 0 aliphatic rings. The predicted octanol–water partition coefficient (Wildman–Crippen LogP) is 2.02. The Balaban J connectivity index is 3.00. The highest BCUT2D eigenvalue weighted by Gasteiger charge is 2.00. The lowest BCUT2D eigenvalue weighted by atomic mass is 10.2. The zero-order chi connectivity index (χ0) is 8.97. The molecule has 3 N–H and O–H groups in total. The summed E-state index contributed by atoms with van der Waals surface area (Å²) in [6.07, 6.45) is 3.49. The summed E-state index contributed by atoms with van der Waals surface area (Å²) in [5, 5.41) is 9.76. The van der Waals surface area contributed by atoms with Crippen molar-refractivity contribution < 1.29 is 5.11 Å². The molecule has 0 bridgehead atoms. The van der Waals surface area contributed by atoms with Crippen LogP contribution in [0.1, 0.15) is 5.56 Å². The minimum Gasteiger partial charge on any atom is -0.506 e. The quantitative estimate of drug-likeness (QED) is 0.737. The smallest absolute Gasteiger partial charge is 0.141 e. The van der Waals surface area contributed by atoms with Crippen LogP contribution < -0.4 is 5.73 Å². The Bertz CT molecular complexity index is 297. The summed E-state index contributed by atoms with van der Waals surface area (Å²) >= 11 is 5.68. The van der Waals surface area contributed by atoms with E-state index in [0.29, 0.717) is 17.1 Å². The van der Waals surface area contributed by atoms with Crippen molar-refractivity contribution in [2.24, 2.45) is 5.73 Å². The van der Waals surface area contributed by atoms with Gasteiger partial charge in [0, 0.05) is 12.1 Å². The monoisotopic (exact) mass is 183 g/mol. The van der Waals surface area contributed by atoms with Crippen molar-refractivity contribution >= 4 is 17.7 Å². The number of phenols is 1. The van der Waals surface area contributed by atoms with E-state index in [1.807, 2.05) is 0 Å². The zero-order valence-electron chi connectivity index (χ0n) is 6.50. The average Bonchev–Trinajstić information content (AvgIpc) is 2.08. The number of halogens is 1. The largest absolute Gasteiger partial charge is 0.506 e. The fraction of sp³-hybridized carbons (Fsp3) is 0.111. The molecule has 1 rings (SSSR count). The van der Waals surface area contributed by atoms with Gasteiger partial charge < -0.3 is 10.8 Å². The van der Waals surface area contributed by atoms with E-state index in [2.05, 4.69) is 0 Å². The zero-order valence-corrected chi connectivity index (χ0v) is 7.25. The van der Waals surface area contributed by atoms with E-state index in [0.717, 1.165) is 0 Å². The van der Waals surface area contributed by atoms with Crippen LogP contribution in [0.15, 0.2) is 24.3 Å². The first-order valence-electron chi connectivity index (χ1n) is 3.60. The lowest BCUT2D eigenvalue weighted by Crippen LogP contribution is -1.91. The Morgan fingerprint density at radius 3 is 2.92 bits per heavy atom. The molecule has 0 aliphatic carbocycles. The molecule has 1 aromatic rings. The van der Waals surface area contributed by atoms with E-state index in [-0.39, 0.29) is 5.75 Å². The van der Waals surface area contributed by atoms with Crippen LogP contribution in [-0.2, 0) is 0 Å². The first kappa shape index (κ1) is 9.10. The fourth-order valence-corrected chi connectivity index (χ4v) is 1.04. The van der Waals surface area contributed by atoms with Crippen LogP contribution in [0.3, 0.4) is 0 Å². The number of para-hydroxylation sites is 1. The second-order valence-corrected chi connectivity index (χ2v) is 2.72. The normalized spacial score (nSPS) is 10.8. The molecule has 3 heteroatoms. The van der Waals surface area contributed by atoms with E-state index >= 15 is 0 Å². The van der Waals surface area contributed by atoms with Crippen molar-refractivity contribution in [1.82, 2.24) is 0 Å². The molecular formula is C9H10ClNO. The molecule has 0 aliphatic heterocycles. The third-order valence-electron chi connectivity index (χ3n) is 1.45. The van der Waals surface area contributed by atoms with Crippen molar-refractivity contribution in [3.8, 4) is 5.75 Å². The van der Waals surface area contributed by atoms with Gasteiger partial charge in [-0.25, -0.2) is 0 Å². The summed E-state index contributed by atoms with van der Waals surface area (Å²) < 4.78 is 0. The van der Waals surface area contributed by atoms with Gasteiger partial charge in [0.05, 0.1) is 5.02 Å². The minimum absolute atomic E-state index is 0.101. The van der Waals surface area contributed by atoms with E-state index < -0.39 is 0 Å². The van der Waals surface area contributed by atoms with Gasteiger partial charge in [-0.1, -0.05) is 35.9 Å². The minimum atomic E-state index is 0.101. The van der Waals surface area contributed by atoms with E-state index in [1.165, 1.54) is 0 Å². The highest BCUT2D eigenvalue weighted by atomic mass is 35.5. The molecule has 0 unspecified atom stereocenters. The number of rotatable bonds is 2. The third kappa shape index (κ3) is 2.00. The number of nitrogens with two attached hydrogens (primary N) is 1. The second-order valence-electron chi connectivity index (χ2n) is 2.32. The molecule has 0 heterocycles. The molecule has 0 radical (unpaired) electrons. The molecule has 0 fully saturated rings. The van der Waals surface area contributed by atoms with Crippen molar-refractivity contribution in [1.29, 1.82) is 0 Å². The second kappa shape index (κ2) is 4.14. The number of aromatic hydroxyl groups is 1. The van der Waals surface area contributed by atoms with Crippen molar-refractivity contribution in [2.75, 3.05) is 6.54 Å². The molecule has 0 spiro atoms. The van der Waals surface area contributed by atoms with E-state index in [9.17, 15) is 5.11 Å². The van der Waals surface area contributed by atoms with Gasteiger partial charge in [0.25, 0.3) is 0 Å². The Kier molecular flexibility index (Phi) is 3.14. The molecule has 12 heavy (non-hydrogen) atoms. The van der Waals surface area contributed by atoms with E-state index in [4.69, 9.17) is 17.3 Å². The standard InChI is InChI=1S/C9H10ClNO/c10-8-5-1-3-7(9(8)12)4-2-6-11/h1-5,12H,6,11H2. The molecule has 0 saturated carbocycles. The molecule has 64 valence electrons. The van der Waals surface area contributed by atoms with Crippen molar-refractivity contribution in [3.63, 3.8) is 0 Å². The molecule has 0 amide bonds. The van der Waals surface area contributed by atoms with Crippen LogP contribution in [0, 0.1) is 0 Å². The summed E-state index contributed by atoms with van der Waals surface area (Å²) in [5.41, 5.74) is 5.95. The van der Waals surface area contributed by atoms with Crippen LogP contribution in [0.2, 0.25) is 5.02 Å². The molecule has 0 aromatic heterocycles. The lowest BCUT2D eigenvalue weighted by Gasteiger charge is -1.99. The Labute approximate surface area is 76.3 Å². The lowest BCUT2D eigenvalue weighted by molar-refractivity contribution is 0.474. The molecule has 1 aromatic carbocycles. The van der Waals surface area contributed by atoms with Crippen LogP contribution in [0.4, 0.5) is 0 Å². The Morgan fingerprint density at radius 1 is 1.50 bits per heavy atom. The Hall–Kier alpha value is -0.990. The maximum Gasteiger partial charge on any atom is 0.141 e. The number of phenolic OH excluding ortho intramolecular Hbond substituents is 1. The fourth-order valence-electron chi connectivity index (χ4n) is 0.862. The van der Waals surface area contributed by atoms with Gasteiger partial charge in [0.2, 0.25) is 0 Å². The van der Waals surface area contributed by atoms with E-state index in [1.54, 1.807) is 30.4 Å².